The maximum atomic E-state index is 11.6. The highest BCUT2D eigenvalue weighted by molar-refractivity contribution is 6.68. The van der Waals surface area contributed by atoms with Crippen LogP contribution in [-0.4, -0.2) is 40.8 Å². The fourth-order valence-electron chi connectivity index (χ4n) is 1.76. The van der Waals surface area contributed by atoms with Crippen molar-refractivity contribution in [1.82, 2.24) is 0 Å². The van der Waals surface area contributed by atoms with Crippen LogP contribution in [0.25, 0.3) is 0 Å². The van der Waals surface area contributed by atoms with Crippen LogP contribution in [0.4, 0.5) is 0 Å². The summed E-state index contributed by atoms with van der Waals surface area (Å²) in [6, 6.07) is 0. The Balaban J connectivity index is 3.85. The van der Waals surface area contributed by atoms with E-state index in [1.54, 1.807) is 0 Å². The second-order valence-corrected chi connectivity index (χ2v) is 3.66. The smallest absolute Gasteiger partial charge is 0.260 e. The molecule has 0 atom stereocenters. The summed E-state index contributed by atoms with van der Waals surface area (Å²) in [4.78, 5) is 11.6. The molecule has 106 valence electrons. The monoisotopic (exact) mass is 290 g/mol. The van der Waals surface area contributed by atoms with E-state index in [9.17, 15) is 4.79 Å². The SMILES string of the molecule is COc1c(OC)c(OC)c(C(=O)Cl)c(OC)c1OC. The fourth-order valence-corrected chi connectivity index (χ4v) is 1.94. The summed E-state index contributed by atoms with van der Waals surface area (Å²) in [7, 11) is 7.02. The van der Waals surface area contributed by atoms with Crippen molar-refractivity contribution in [3.63, 3.8) is 0 Å². The van der Waals surface area contributed by atoms with Gasteiger partial charge in [-0.25, -0.2) is 0 Å². The number of hydrogen-bond donors (Lipinski definition) is 0. The highest BCUT2D eigenvalue weighted by Crippen LogP contribution is 2.53. The predicted molar refractivity (Wildman–Crippen MR) is 69.4 cm³/mol. The quantitative estimate of drug-likeness (QED) is 0.748. The van der Waals surface area contributed by atoms with E-state index >= 15 is 0 Å². The molecule has 7 heteroatoms. The number of halogens is 1. The van der Waals surface area contributed by atoms with E-state index in [1.165, 1.54) is 35.5 Å². The van der Waals surface area contributed by atoms with Gasteiger partial charge in [0.1, 0.15) is 5.56 Å². The van der Waals surface area contributed by atoms with Gasteiger partial charge in [-0.05, 0) is 11.6 Å². The highest BCUT2D eigenvalue weighted by atomic mass is 35.5. The van der Waals surface area contributed by atoms with Crippen molar-refractivity contribution >= 4 is 16.8 Å². The Bertz CT molecular complexity index is 453. The topological polar surface area (TPSA) is 63.2 Å². The normalized spacial score (nSPS) is 9.79. The summed E-state index contributed by atoms with van der Waals surface area (Å²) in [5.41, 5.74) is 0.0150. The van der Waals surface area contributed by atoms with Crippen LogP contribution >= 0.6 is 11.6 Å². The average molecular weight is 291 g/mol. The number of methoxy groups -OCH3 is 5. The van der Waals surface area contributed by atoms with Gasteiger partial charge in [-0.15, -0.1) is 0 Å². The first kappa shape index (κ1) is 15.2. The predicted octanol–water partition coefficient (Wildman–Crippen LogP) is 2.11. The minimum Gasteiger partial charge on any atom is -0.492 e. The second kappa shape index (κ2) is 6.38. The standard InChI is InChI=1S/C12H15ClO6/c1-15-7-6(12(13)14)8(16-2)10(18-4)11(19-5)9(7)17-3/h1-5H3. The molecule has 0 saturated carbocycles. The molecule has 0 saturated heterocycles. The highest BCUT2D eigenvalue weighted by Gasteiger charge is 2.31. The molecule has 0 spiro atoms. The van der Waals surface area contributed by atoms with Crippen LogP contribution in [-0.2, 0) is 0 Å². The Hall–Kier alpha value is -1.82. The third kappa shape index (κ3) is 2.49. The maximum Gasteiger partial charge on any atom is 0.260 e. The van der Waals surface area contributed by atoms with E-state index in [4.69, 9.17) is 35.3 Å². The molecule has 0 aliphatic carbocycles. The summed E-state index contributed by atoms with van der Waals surface area (Å²) in [5, 5.41) is -0.757. The van der Waals surface area contributed by atoms with Gasteiger partial charge >= 0.3 is 0 Å². The first-order valence-corrected chi connectivity index (χ1v) is 5.58. The third-order valence-corrected chi connectivity index (χ3v) is 2.69. The van der Waals surface area contributed by atoms with Gasteiger partial charge in [0.15, 0.2) is 11.5 Å². The van der Waals surface area contributed by atoms with Crippen LogP contribution in [0.3, 0.4) is 0 Å². The molecule has 1 rings (SSSR count). The second-order valence-electron chi connectivity index (χ2n) is 3.31. The van der Waals surface area contributed by atoms with Gasteiger partial charge in [0.25, 0.3) is 5.24 Å². The Labute approximate surface area is 116 Å². The Morgan fingerprint density at radius 1 is 0.684 bits per heavy atom. The van der Waals surface area contributed by atoms with Gasteiger partial charge in [-0.3, -0.25) is 4.79 Å². The maximum absolute atomic E-state index is 11.6. The molecule has 0 aliphatic heterocycles. The summed E-state index contributed by atoms with van der Waals surface area (Å²) in [6.07, 6.45) is 0. The summed E-state index contributed by atoms with van der Waals surface area (Å²) < 4.78 is 25.9. The molecule has 0 N–H and O–H groups in total. The van der Waals surface area contributed by atoms with Crippen LogP contribution in [0.15, 0.2) is 0 Å². The van der Waals surface area contributed by atoms with E-state index in [1.807, 2.05) is 0 Å². The number of carbonyl (C=O) groups is 1. The van der Waals surface area contributed by atoms with E-state index in [-0.39, 0.29) is 34.3 Å². The van der Waals surface area contributed by atoms with Gasteiger partial charge in [0, 0.05) is 0 Å². The van der Waals surface area contributed by atoms with Crippen molar-refractivity contribution in [2.75, 3.05) is 35.5 Å². The van der Waals surface area contributed by atoms with Crippen molar-refractivity contribution < 1.29 is 28.5 Å². The van der Waals surface area contributed by atoms with Crippen molar-refractivity contribution in [2.24, 2.45) is 0 Å². The van der Waals surface area contributed by atoms with Gasteiger partial charge < -0.3 is 23.7 Å². The molecular weight excluding hydrogens is 276 g/mol. The molecule has 0 unspecified atom stereocenters. The van der Waals surface area contributed by atoms with Crippen molar-refractivity contribution in [3.05, 3.63) is 5.56 Å². The van der Waals surface area contributed by atoms with Crippen molar-refractivity contribution in [2.45, 2.75) is 0 Å². The molecule has 6 nitrogen and oxygen atoms in total. The fraction of sp³-hybridized carbons (Fsp3) is 0.417. The molecular formula is C12H15ClO6. The molecule has 0 amide bonds. The number of carbonyl (C=O) groups excluding carboxylic acids is 1. The zero-order valence-electron chi connectivity index (χ0n) is 11.3. The molecule has 0 aliphatic rings. The zero-order valence-corrected chi connectivity index (χ0v) is 12.1. The van der Waals surface area contributed by atoms with Gasteiger partial charge in [0.2, 0.25) is 17.2 Å². The Morgan fingerprint density at radius 3 is 1.16 bits per heavy atom. The largest absolute Gasteiger partial charge is 0.492 e. The van der Waals surface area contributed by atoms with Crippen LogP contribution in [0.1, 0.15) is 10.4 Å². The molecule has 0 heterocycles. The summed E-state index contributed by atoms with van der Waals surface area (Å²) in [5.74, 6) is 0.896. The minimum absolute atomic E-state index is 0.0150. The molecule has 19 heavy (non-hydrogen) atoms. The first-order chi connectivity index (χ1) is 9.06. The molecule has 0 radical (unpaired) electrons. The Morgan fingerprint density at radius 2 is 0.947 bits per heavy atom. The van der Waals surface area contributed by atoms with Crippen LogP contribution in [0.2, 0.25) is 0 Å². The van der Waals surface area contributed by atoms with Gasteiger partial charge in [-0.1, -0.05) is 0 Å². The number of ether oxygens (including phenoxy) is 5. The lowest BCUT2D eigenvalue weighted by molar-refractivity contribution is 0.107. The molecule has 1 aromatic rings. The lowest BCUT2D eigenvalue weighted by Crippen LogP contribution is -2.06. The molecule has 0 aromatic heterocycles. The molecule has 0 bridgehead atoms. The molecule has 1 aromatic carbocycles. The van der Waals surface area contributed by atoms with E-state index < -0.39 is 5.24 Å². The van der Waals surface area contributed by atoms with Gasteiger partial charge in [0.05, 0.1) is 35.5 Å². The number of benzene rings is 1. The van der Waals surface area contributed by atoms with E-state index in [2.05, 4.69) is 0 Å². The van der Waals surface area contributed by atoms with E-state index in [0.29, 0.717) is 0 Å². The average Bonchev–Trinajstić information content (AvgIpc) is 2.43. The first-order valence-electron chi connectivity index (χ1n) is 5.20. The number of hydrogen-bond acceptors (Lipinski definition) is 6. The van der Waals surface area contributed by atoms with E-state index in [0.717, 1.165) is 0 Å². The number of rotatable bonds is 6. The minimum atomic E-state index is -0.757. The zero-order chi connectivity index (χ0) is 14.6. The van der Waals surface area contributed by atoms with Crippen LogP contribution in [0, 0.1) is 0 Å². The van der Waals surface area contributed by atoms with Crippen LogP contribution < -0.4 is 23.7 Å². The summed E-state index contributed by atoms with van der Waals surface area (Å²) >= 11 is 5.57. The van der Waals surface area contributed by atoms with Gasteiger partial charge in [-0.2, -0.15) is 0 Å². The van der Waals surface area contributed by atoms with Crippen LogP contribution in [0.5, 0.6) is 28.7 Å². The lowest BCUT2D eigenvalue weighted by Gasteiger charge is -2.20. The Kier molecular flexibility index (Phi) is 5.11. The van der Waals surface area contributed by atoms with Crippen molar-refractivity contribution in [3.8, 4) is 28.7 Å². The third-order valence-electron chi connectivity index (χ3n) is 2.50. The molecule has 0 fully saturated rings. The lowest BCUT2D eigenvalue weighted by atomic mass is 10.1. The summed E-state index contributed by atoms with van der Waals surface area (Å²) in [6.45, 7) is 0. The van der Waals surface area contributed by atoms with Crippen molar-refractivity contribution in [1.29, 1.82) is 0 Å².